The maximum atomic E-state index is 12.2. The fourth-order valence-electron chi connectivity index (χ4n) is 2.18. The molecule has 106 valence electrons. The first-order chi connectivity index (χ1) is 10.1. The Balaban J connectivity index is 1.79. The first-order valence-electron chi connectivity index (χ1n) is 6.83. The van der Waals surface area contributed by atoms with Crippen molar-refractivity contribution in [1.29, 1.82) is 0 Å². The van der Waals surface area contributed by atoms with E-state index in [9.17, 15) is 4.79 Å². The van der Waals surface area contributed by atoms with Gasteiger partial charge >= 0.3 is 0 Å². The Labute approximate surface area is 123 Å². The van der Waals surface area contributed by atoms with E-state index in [1.54, 1.807) is 12.2 Å². The van der Waals surface area contributed by atoms with Gasteiger partial charge in [0.05, 0.1) is 0 Å². The van der Waals surface area contributed by atoms with Crippen LogP contribution >= 0.6 is 0 Å². The minimum atomic E-state index is -0.00392. The molecule has 0 unspecified atom stereocenters. The molecule has 3 heteroatoms. The van der Waals surface area contributed by atoms with Gasteiger partial charge in [-0.05, 0) is 54.8 Å². The predicted octanol–water partition coefficient (Wildman–Crippen LogP) is 3.93. The molecule has 0 aromatic heterocycles. The molecule has 0 radical (unpaired) electrons. The van der Waals surface area contributed by atoms with Gasteiger partial charge in [-0.2, -0.15) is 0 Å². The molecule has 1 aliphatic rings. The van der Waals surface area contributed by atoms with Gasteiger partial charge in [0.25, 0.3) is 0 Å². The number of rotatable bonds is 3. The van der Waals surface area contributed by atoms with Crippen molar-refractivity contribution in [1.82, 2.24) is 0 Å². The van der Waals surface area contributed by atoms with E-state index >= 15 is 0 Å². The monoisotopic (exact) mass is 280 g/mol. The number of ether oxygens (including phenoxy) is 2. The molecule has 1 heterocycles. The van der Waals surface area contributed by atoms with E-state index in [-0.39, 0.29) is 12.6 Å². The van der Waals surface area contributed by atoms with Crippen LogP contribution in [-0.2, 0) is 0 Å². The van der Waals surface area contributed by atoms with Crippen molar-refractivity contribution in [3.63, 3.8) is 0 Å². The Hall–Kier alpha value is -2.55. The highest BCUT2D eigenvalue weighted by Gasteiger charge is 2.12. The number of hydrogen-bond acceptors (Lipinski definition) is 3. The summed E-state index contributed by atoms with van der Waals surface area (Å²) >= 11 is 0. The summed E-state index contributed by atoms with van der Waals surface area (Å²) in [7, 11) is 0. The van der Waals surface area contributed by atoms with Crippen molar-refractivity contribution in [2.24, 2.45) is 0 Å². The number of fused-ring (bicyclic) bond motifs is 1. The summed E-state index contributed by atoms with van der Waals surface area (Å²) in [6, 6.07) is 11.4. The number of carbonyl (C=O) groups excluding carboxylic acids is 1. The molecule has 0 N–H and O–H groups in total. The second kappa shape index (κ2) is 5.44. The second-order valence-electron chi connectivity index (χ2n) is 5.11. The molecule has 3 nitrogen and oxygen atoms in total. The van der Waals surface area contributed by atoms with Crippen molar-refractivity contribution in [3.05, 3.63) is 64.7 Å². The van der Waals surface area contributed by atoms with Crippen molar-refractivity contribution >= 4 is 11.9 Å². The van der Waals surface area contributed by atoms with Crippen LogP contribution in [0.15, 0.2) is 42.5 Å². The van der Waals surface area contributed by atoms with Gasteiger partial charge in [0.2, 0.25) is 6.79 Å². The molecule has 3 rings (SSSR count). The average molecular weight is 280 g/mol. The van der Waals surface area contributed by atoms with Crippen LogP contribution < -0.4 is 9.47 Å². The first kappa shape index (κ1) is 13.4. The Morgan fingerprint density at radius 2 is 1.81 bits per heavy atom. The molecule has 0 saturated heterocycles. The highest BCUT2D eigenvalue weighted by atomic mass is 16.7. The summed E-state index contributed by atoms with van der Waals surface area (Å²) < 4.78 is 10.6. The minimum absolute atomic E-state index is 0.00392. The normalized spacial score (nSPS) is 12.9. The number of benzene rings is 2. The van der Waals surface area contributed by atoms with E-state index in [0.29, 0.717) is 5.56 Å². The zero-order chi connectivity index (χ0) is 14.8. The Morgan fingerprint density at radius 3 is 2.62 bits per heavy atom. The van der Waals surface area contributed by atoms with Crippen LogP contribution in [0.3, 0.4) is 0 Å². The molecule has 0 aliphatic carbocycles. The molecule has 2 aromatic rings. The van der Waals surface area contributed by atoms with E-state index in [2.05, 4.69) is 0 Å². The average Bonchev–Trinajstić information content (AvgIpc) is 2.95. The van der Waals surface area contributed by atoms with Crippen LogP contribution in [0.25, 0.3) is 6.08 Å². The van der Waals surface area contributed by atoms with Gasteiger partial charge < -0.3 is 9.47 Å². The number of ketones is 1. The zero-order valence-corrected chi connectivity index (χ0v) is 12.1. The van der Waals surface area contributed by atoms with Crippen LogP contribution in [0.5, 0.6) is 11.5 Å². The van der Waals surface area contributed by atoms with E-state index in [0.717, 1.165) is 22.6 Å². The van der Waals surface area contributed by atoms with Crippen LogP contribution in [-0.4, -0.2) is 12.6 Å². The number of hydrogen-bond donors (Lipinski definition) is 0. The van der Waals surface area contributed by atoms with Crippen molar-refractivity contribution in [2.45, 2.75) is 13.8 Å². The highest BCUT2D eigenvalue weighted by Crippen LogP contribution is 2.32. The maximum Gasteiger partial charge on any atom is 0.231 e. The molecule has 21 heavy (non-hydrogen) atoms. The molecule has 0 fully saturated rings. The van der Waals surface area contributed by atoms with E-state index in [1.165, 1.54) is 5.56 Å². The second-order valence-corrected chi connectivity index (χ2v) is 5.11. The lowest BCUT2D eigenvalue weighted by atomic mass is 10.0. The zero-order valence-electron chi connectivity index (χ0n) is 12.1. The predicted molar refractivity (Wildman–Crippen MR) is 81.8 cm³/mol. The third kappa shape index (κ3) is 2.82. The maximum absolute atomic E-state index is 12.2. The van der Waals surface area contributed by atoms with Gasteiger partial charge in [0.1, 0.15) is 0 Å². The molecule has 0 amide bonds. The van der Waals surface area contributed by atoms with Crippen molar-refractivity contribution in [2.75, 3.05) is 6.79 Å². The van der Waals surface area contributed by atoms with E-state index in [4.69, 9.17) is 9.47 Å². The Kier molecular flexibility index (Phi) is 3.48. The van der Waals surface area contributed by atoms with Gasteiger partial charge in [-0.1, -0.05) is 24.3 Å². The minimum Gasteiger partial charge on any atom is -0.454 e. The number of carbonyl (C=O) groups is 1. The fourth-order valence-corrected chi connectivity index (χ4v) is 2.18. The topological polar surface area (TPSA) is 35.5 Å². The van der Waals surface area contributed by atoms with Crippen molar-refractivity contribution in [3.8, 4) is 11.5 Å². The lowest BCUT2D eigenvalue weighted by Gasteiger charge is -2.02. The summed E-state index contributed by atoms with van der Waals surface area (Å²) in [6.45, 7) is 4.30. The quantitative estimate of drug-likeness (QED) is 0.631. The molecule has 0 bridgehead atoms. The van der Waals surface area contributed by atoms with Crippen LogP contribution in [0, 0.1) is 13.8 Å². The first-order valence-corrected chi connectivity index (χ1v) is 6.83. The summed E-state index contributed by atoms with van der Waals surface area (Å²) in [4.78, 5) is 12.2. The largest absolute Gasteiger partial charge is 0.454 e. The summed E-state index contributed by atoms with van der Waals surface area (Å²) in [5.41, 5.74) is 3.93. The van der Waals surface area contributed by atoms with E-state index < -0.39 is 0 Å². The fraction of sp³-hybridized carbons (Fsp3) is 0.167. The number of allylic oxidation sites excluding steroid dienone is 1. The Morgan fingerprint density at radius 1 is 1.00 bits per heavy atom. The standard InChI is InChI=1S/C18H16O3/c1-12-3-6-15(9-13(12)2)16(19)7-4-14-5-8-17-18(10-14)21-11-20-17/h3-10H,11H2,1-2H3. The van der Waals surface area contributed by atoms with Gasteiger partial charge in [0, 0.05) is 5.56 Å². The number of aryl methyl sites for hydroxylation is 2. The molecule has 0 saturated carbocycles. The molecular formula is C18H16O3. The van der Waals surface area contributed by atoms with Gasteiger partial charge in [-0.15, -0.1) is 0 Å². The Bertz CT molecular complexity index is 729. The SMILES string of the molecule is Cc1ccc(C(=O)C=Cc2ccc3c(c2)OCO3)cc1C. The molecule has 0 spiro atoms. The van der Waals surface area contributed by atoms with Gasteiger partial charge in [-0.3, -0.25) is 4.79 Å². The highest BCUT2D eigenvalue weighted by molar-refractivity contribution is 6.07. The third-order valence-corrected chi connectivity index (χ3v) is 3.62. The molecule has 2 aromatic carbocycles. The van der Waals surface area contributed by atoms with E-state index in [1.807, 2.05) is 50.2 Å². The van der Waals surface area contributed by atoms with Crippen LogP contribution in [0.4, 0.5) is 0 Å². The third-order valence-electron chi connectivity index (χ3n) is 3.62. The smallest absolute Gasteiger partial charge is 0.231 e. The summed E-state index contributed by atoms with van der Waals surface area (Å²) in [6.07, 6.45) is 3.38. The molecule has 0 atom stereocenters. The van der Waals surface area contributed by atoms with Crippen molar-refractivity contribution < 1.29 is 14.3 Å². The van der Waals surface area contributed by atoms with Crippen LogP contribution in [0.1, 0.15) is 27.0 Å². The van der Waals surface area contributed by atoms with Gasteiger partial charge in [-0.25, -0.2) is 0 Å². The summed E-state index contributed by atoms with van der Waals surface area (Å²) in [5, 5.41) is 0. The molecular weight excluding hydrogens is 264 g/mol. The summed E-state index contributed by atoms with van der Waals surface area (Å²) in [5.74, 6) is 1.46. The van der Waals surface area contributed by atoms with Crippen LogP contribution in [0.2, 0.25) is 0 Å². The van der Waals surface area contributed by atoms with Gasteiger partial charge in [0.15, 0.2) is 17.3 Å². The lowest BCUT2D eigenvalue weighted by molar-refractivity contribution is 0.104. The molecule has 1 aliphatic heterocycles. The lowest BCUT2D eigenvalue weighted by Crippen LogP contribution is -1.95.